The molecule has 128 valence electrons. The maximum Gasteiger partial charge on any atom is 0.337 e. The third-order valence-electron chi connectivity index (χ3n) is 3.51. The summed E-state index contributed by atoms with van der Waals surface area (Å²) in [5.74, 6) is 6.96. The van der Waals surface area contributed by atoms with Crippen LogP contribution >= 0.6 is 23.4 Å². The van der Waals surface area contributed by atoms with E-state index < -0.39 is 0 Å². The van der Waals surface area contributed by atoms with Crippen LogP contribution in [-0.4, -0.2) is 28.0 Å². The van der Waals surface area contributed by atoms with Gasteiger partial charge in [-0.3, -0.25) is 0 Å². The van der Waals surface area contributed by atoms with E-state index in [1.165, 1.54) is 23.5 Å². The highest BCUT2D eigenvalue weighted by molar-refractivity contribution is 7.98. The van der Waals surface area contributed by atoms with Gasteiger partial charge in [0, 0.05) is 16.3 Å². The van der Waals surface area contributed by atoms with Gasteiger partial charge in [0.05, 0.1) is 12.7 Å². The molecule has 3 aromatic rings. The van der Waals surface area contributed by atoms with Crippen LogP contribution in [0.15, 0.2) is 53.7 Å². The molecular weight excluding hydrogens is 360 g/mol. The fraction of sp³-hybridized carbons (Fsp3) is 0.118. The van der Waals surface area contributed by atoms with Crippen molar-refractivity contribution in [1.29, 1.82) is 0 Å². The normalized spacial score (nSPS) is 10.6. The highest BCUT2D eigenvalue weighted by Gasteiger charge is 2.12. The second-order valence-corrected chi connectivity index (χ2v) is 6.54. The van der Waals surface area contributed by atoms with Gasteiger partial charge in [-0.25, -0.2) is 9.47 Å². The third-order valence-corrected chi connectivity index (χ3v) is 4.78. The van der Waals surface area contributed by atoms with E-state index in [-0.39, 0.29) is 5.97 Å². The predicted molar refractivity (Wildman–Crippen MR) is 98.0 cm³/mol. The second kappa shape index (κ2) is 7.58. The Morgan fingerprint density at radius 3 is 2.48 bits per heavy atom. The Labute approximate surface area is 153 Å². The van der Waals surface area contributed by atoms with Crippen molar-refractivity contribution in [2.45, 2.75) is 10.9 Å². The minimum atomic E-state index is -0.353. The van der Waals surface area contributed by atoms with Crippen LogP contribution in [0, 0.1) is 0 Å². The molecule has 0 bridgehead atoms. The van der Waals surface area contributed by atoms with Crippen molar-refractivity contribution >= 4 is 29.3 Å². The van der Waals surface area contributed by atoms with Crippen LogP contribution in [-0.2, 0) is 10.5 Å². The lowest BCUT2D eigenvalue weighted by molar-refractivity contribution is 0.0600. The zero-order valence-electron chi connectivity index (χ0n) is 13.3. The number of nitrogen functional groups attached to an aromatic ring is 1. The number of thioether (sulfide) groups is 1. The van der Waals surface area contributed by atoms with Gasteiger partial charge >= 0.3 is 5.97 Å². The van der Waals surface area contributed by atoms with Crippen LogP contribution in [0.2, 0.25) is 5.02 Å². The molecule has 25 heavy (non-hydrogen) atoms. The molecule has 0 fully saturated rings. The minimum Gasteiger partial charge on any atom is -0.465 e. The van der Waals surface area contributed by atoms with Gasteiger partial charge in [-0.2, -0.15) is 0 Å². The lowest BCUT2D eigenvalue weighted by Gasteiger charge is -2.05. The van der Waals surface area contributed by atoms with Gasteiger partial charge in [-0.15, -0.1) is 10.2 Å². The monoisotopic (exact) mass is 374 g/mol. The van der Waals surface area contributed by atoms with E-state index in [9.17, 15) is 4.79 Å². The number of nitrogens with zero attached hydrogens (tertiary/aromatic N) is 3. The number of rotatable bonds is 5. The van der Waals surface area contributed by atoms with E-state index in [2.05, 4.69) is 14.9 Å². The largest absolute Gasteiger partial charge is 0.465 e. The number of nitrogens with two attached hydrogens (primary N) is 1. The first-order chi connectivity index (χ1) is 12.1. The summed E-state index contributed by atoms with van der Waals surface area (Å²) < 4.78 is 6.14. The van der Waals surface area contributed by atoms with Crippen LogP contribution in [0.4, 0.5) is 0 Å². The zero-order chi connectivity index (χ0) is 17.8. The Balaban J connectivity index is 1.70. The number of hydrogen-bond donors (Lipinski definition) is 1. The molecule has 0 saturated heterocycles. The number of halogens is 1. The lowest BCUT2D eigenvalue weighted by Crippen LogP contribution is -2.11. The van der Waals surface area contributed by atoms with Gasteiger partial charge in [0.2, 0.25) is 5.16 Å². The Morgan fingerprint density at radius 1 is 1.16 bits per heavy atom. The molecule has 2 aromatic carbocycles. The summed E-state index contributed by atoms with van der Waals surface area (Å²) in [6.45, 7) is 0. The molecule has 0 radical (unpaired) electrons. The number of esters is 1. The Hall–Kier alpha value is -2.51. The Kier molecular flexibility index (Phi) is 5.25. The lowest BCUT2D eigenvalue weighted by atomic mass is 10.1. The average Bonchev–Trinajstić information content (AvgIpc) is 3.01. The number of carbonyl (C=O) groups excluding carboxylic acids is 1. The van der Waals surface area contributed by atoms with E-state index in [0.29, 0.717) is 27.3 Å². The summed E-state index contributed by atoms with van der Waals surface area (Å²) in [4.78, 5) is 11.4. The quantitative estimate of drug-likeness (QED) is 0.418. The fourth-order valence-electron chi connectivity index (χ4n) is 2.17. The molecule has 0 spiro atoms. The Bertz CT molecular complexity index is 879. The molecule has 6 nitrogen and oxygen atoms in total. The van der Waals surface area contributed by atoms with E-state index in [4.69, 9.17) is 17.4 Å². The predicted octanol–water partition coefficient (Wildman–Crippen LogP) is 3.39. The van der Waals surface area contributed by atoms with Crippen LogP contribution in [0.5, 0.6) is 0 Å². The van der Waals surface area contributed by atoms with Gasteiger partial charge in [0.1, 0.15) is 0 Å². The SMILES string of the molecule is COC(=O)c1ccc(CSc2nnc(-c3ccc(Cl)cc3)n2N)cc1. The van der Waals surface area contributed by atoms with Crippen LogP contribution < -0.4 is 5.84 Å². The summed E-state index contributed by atoms with van der Waals surface area (Å²) in [5.41, 5.74) is 2.39. The molecule has 8 heteroatoms. The highest BCUT2D eigenvalue weighted by Crippen LogP contribution is 2.25. The first-order valence-electron chi connectivity index (χ1n) is 7.35. The highest BCUT2D eigenvalue weighted by atomic mass is 35.5. The summed E-state index contributed by atoms with van der Waals surface area (Å²) in [5, 5.41) is 9.52. The summed E-state index contributed by atoms with van der Waals surface area (Å²) >= 11 is 7.36. The van der Waals surface area contributed by atoms with Crippen molar-refractivity contribution < 1.29 is 9.53 Å². The first-order valence-corrected chi connectivity index (χ1v) is 8.71. The van der Waals surface area contributed by atoms with Crippen molar-refractivity contribution in [2.75, 3.05) is 13.0 Å². The molecular formula is C17H15ClN4O2S. The molecule has 0 aliphatic rings. The van der Waals surface area contributed by atoms with E-state index in [1.54, 1.807) is 24.3 Å². The van der Waals surface area contributed by atoms with Gasteiger partial charge < -0.3 is 10.6 Å². The van der Waals surface area contributed by atoms with Crippen molar-refractivity contribution in [3.63, 3.8) is 0 Å². The van der Waals surface area contributed by atoms with Gasteiger partial charge in [-0.1, -0.05) is 35.5 Å². The number of carbonyl (C=O) groups is 1. The standard InChI is InChI=1S/C17H15ClN4O2S/c1-24-16(23)13-4-2-11(3-5-13)10-25-17-21-20-15(22(17)19)12-6-8-14(18)9-7-12/h2-9H,10,19H2,1H3. The summed E-state index contributed by atoms with van der Waals surface area (Å²) in [6, 6.07) is 14.4. The van der Waals surface area contributed by atoms with Crippen molar-refractivity contribution in [3.05, 3.63) is 64.7 Å². The molecule has 0 amide bonds. The number of benzene rings is 2. The second-order valence-electron chi connectivity index (χ2n) is 5.16. The van der Waals surface area contributed by atoms with Crippen LogP contribution in [0.3, 0.4) is 0 Å². The maximum atomic E-state index is 11.4. The Morgan fingerprint density at radius 2 is 1.84 bits per heavy atom. The first kappa shape index (κ1) is 17.3. The summed E-state index contributed by atoms with van der Waals surface area (Å²) in [6.07, 6.45) is 0. The number of hydrogen-bond acceptors (Lipinski definition) is 6. The number of aromatic nitrogens is 3. The van der Waals surface area contributed by atoms with Gasteiger partial charge in [0.15, 0.2) is 5.82 Å². The molecule has 2 N–H and O–H groups in total. The van der Waals surface area contributed by atoms with Crippen molar-refractivity contribution in [2.24, 2.45) is 0 Å². The molecule has 1 heterocycles. The third kappa shape index (κ3) is 3.94. The number of methoxy groups -OCH3 is 1. The van der Waals surface area contributed by atoms with Crippen molar-refractivity contribution in [1.82, 2.24) is 14.9 Å². The van der Waals surface area contributed by atoms with E-state index >= 15 is 0 Å². The van der Waals surface area contributed by atoms with Gasteiger partial charge in [-0.05, 0) is 42.0 Å². The van der Waals surface area contributed by atoms with E-state index in [0.717, 1.165) is 11.1 Å². The number of ether oxygens (including phenoxy) is 1. The van der Waals surface area contributed by atoms with E-state index in [1.807, 2.05) is 24.3 Å². The molecule has 0 atom stereocenters. The molecule has 3 rings (SSSR count). The molecule has 0 aliphatic heterocycles. The summed E-state index contributed by atoms with van der Waals surface area (Å²) in [7, 11) is 1.36. The molecule has 0 unspecified atom stereocenters. The maximum absolute atomic E-state index is 11.4. The fourth-order valence-corrected chi connectivity index (χ4v) is 3.11. The molecule has 0 aliphatic carbocycles. The molecule has 0 saturated carbocycles. The van der Waals surface area contributed by atoms with Crippen LogP contribution in [0.1, 0.15) is 15.9 Å². The van der Waals surface area contributed by atoms with Gasteiger partial charge in [0.25, 0.3) is 0 Å². The molecule has 1 aromatic heterocycles. The average molecular weight is 375 g/mol. The van der Waals surface area contributed by atoms with Crippen LogP contribution in [0.25, 0.3) is 11.4 Å². The van der Waals surface area contributed by atoms with Crippen molar-refractivity contribution in [3.8, 4) is 11.4 Å². The minimum absolute atomic E-state index is 0.353. The smallest absolute Gasteiger partial charge is 0.337 e. The topological polar surface area (TPSA) is 83.0 Å². The zero-order valence-corrected chi connectivity index (χ0v) is 14.9.